The quantitative estimate of drug-likeness (QED) is 0.678. The van der Waals surface area contributed by atoms with Gasteiger partial charge in [0.25, 0.3) is 0 Å². The lowest BCUT2D eigenvalue weighted by Gasteiger charge is -2.45. The van der Waals surface area contributed by atoms with Gasteiger partial charge in [0.2, 0.25) is 0 Å². The summed E-state index contributed by atoms with van der Waals surface area (Å²) in [5.41, 5.74) is 6.36. The highest BCUT2D eigenvalue weighted by atomic mass is 16.5. The summed E-state index contributed by atoms with van der Waals surface area (Å²) in [5.74, 6) is 0.0587. The van der Waals surface area contributed by atoms with Crippen LogP contribution in [0.1, 0.15) is 60.3 Å². The summed E-state index contributed by atoms with van der Waals surface area (Å²) < 4.78 is 4.90. The third-order valence-corrected chi connectivity index (χ3v) is 4.14. The van der Waals surface area contributed by atoms with Crippen LogP contribution in [0.5, 0.6) is 0 Å². The van der Waals surface area contributed by atoms with Crippen LogP contribution in [0.25, 0.3) is 0 Å². The van der Waals surface area contributed by atoms with Gasteiger partial charge in [0, 0.05) is 23.7 Å². The monoisotopic (exact) mass is 313 g/mol. The molecule has 0 aliphatic carbocycles. The smallest absolute Gasteiger partial charge is 0.310 e. The van der Waals surface area contributed by atoms with E-state index in [4.69, 9.17) is 10.5 Å². The Bertz CT molecular complexity index is 334. The van der Waals surface area contributed by atoms with Gasteiger partial charge in [-0.25, -0.2) is 0 Å². The Kier molecular flexibility index (Phi) is 7.29. The minimum absolute atomic E-state index is 0.0419. The number of carbonyl (C=O) groups excluding carboxylic acids is 1. The predicted octanol–water partition coefficient (Wildman–Crippen LogP) is 1.80. The van der Waals surface area contributed by atoms with Crippen LogP contribution in [-0.2, 0) is 9.53 Å². The Balaban J connectivity index is 0.000000220. The van der Waals surface area contributed by atoms with E-state index in [0.29, 0.717) is 12.6 Å². The Labute approximate surface area is 135 Å². The molecule has 0 spiro atoms. The zero-order valence-electron chi connectivity index (χ0n) is 15.0. The molecule has 2 heterocycles. The molecule has 2 fully saturated rings. The Morgan fingerprint density at radius 1 is 1.23 bits per heavy atom. The van der Waals surface area contributed by atoms with Gasteiger partial charge < -0.3 is 21.1 Å². The second kappa shape index (κ2) is 8.27. The van der Waals surface area contributed by atoms with Gasteiger partial charge in [-0.05, 0) is 66.8 Å². The molecular weight excluding hydrogens is 278 g/mol. The van der Waals surface area contributed by atoms with Gasteiger partial charge in [-0.1, -0.05) is 0 Å². The number of nitrogens with one attached hydrogen (secondary N) is 2. The molecule has 1 atom stereocenters. The number of piperidine rings is 2. The first kappa shape index (κ1) is 19.4. The molecule has 1 unspecified atom stereocenters. The highest BCUT2D eigenvalue weighted by molar-refractivity contribution is 5.72. The molecule has 5 heteroatoms. The van der Waals surface area contributed by atoms with Crippen molar-refractivity contribution < 1.29 is 9.53 Å². The Morgan fingerprint density at radius 3 is 2.23 bits per heavy atom. The van der Waals surface area contributed by atoms with Gasteiger partial charge in [0.05, 0.1) is 12.5 Å². The topological polar surface area (TPSA) is 76.4 Å². The third-order valence-electron chi connectivity index (χ3n) is 4.14. The van der Waals surface area contributed by atoms with Crippen LogP contribution in [0.15, 0.2) is 0 Å². The first-order chi connectivity index (χ1) is 10.2. The van der Waals surface area contributed by atoms with Crippen LogP contribution >= 0.6 is 0 Å². The third kappa shape index (κ3) is 7.07. The number of nitrogens with two attached hydrogens (primary N) is 1. The van der Waals surface area contributed by atoms with Crippen molar-refractivity contribution in [1.29, 1.82) is 0 Å². The summed E-state index contributed by atoms with van der Waals surface area (Å²) in [6.07, 6.45) is 4.22. The van der Waals surface area contributed by atoms with Crippen molar-refractivity contribution in [3.63, 3.8) is 0 Å². The second-order valence-electron chi connectivity index (χ2n) is 7.86. The van der Waals surface area contributed by atoms with Crippen molar-refractivity contribution in [2.45, 2.75) is 77.4 Å². The van der Waals surface area contributed by atoms with Crippen molar-refractivity contribution in [3.05, 3.63) is 0 Å². The molecule has 0 radical (unpaired) electrons. The van der Waals surface area contributed by atoms with Crippen LogP contribution in [0.4, 0.5) is 0 Å². The molecule has 5 nitrogen and oxygen atoms in total. The summed E-state index contributed by atoms with van der Waals surface area (Å²) in [7, 11) is 0. The molecule has 0 bridgehead atoms. The second-order valence-corrected chi connectivity index (χ2v) is 7.86. The maximum atomic E-state index is 11.1. The fourth-order valence-electron chi connectivity index (χ4n) is 3.71. The maximum absolute atomic E-state index is 11.1. The molecule has 0 aromatic heterocycles. The van der Waals surface area contributed by atoms with Gasteiger partial charge in [-0.15, -0.1) is 0 Å². The summed E-state index contributed by atoms with van der Waals surface area (Å²) in [6, 6.07) is 0.362. The van der Waals surface area contributed by atoms with E-state index in [2.05, 4.69) is 38.3 Å². The number of carbonyl (C=O) groups is 1. The van der Waals surface area contributed by atoms with E-state index in [1.807, 2.05) is 6.92 Å². The largest absolute Gasteiger partial charge is 0.466 e. The van der Waals surface area contributed by atoms with E-state index in [9.17, 15) is 4.79 Å². The van der Waals surface area contributed by atoms with Crippen molar-refractivity contribution in [2.75, 3.05) is 19.7 Å². The lowest BCUT2D eigenvalue weighted by atomic mass is 9.80. The zero-order valence-corrected chi connectivity index (χ0v) is 15.0. The van der Waals surface area contributed by atoms with Gasteiger partial charge in [-0.3, -0.25) is 4.79 Å². The molecule has 2 saturated heterocycles. The fraction of sp³-hybridized carbons (Fsp3) is 0.941. The zero-order chi connectivity index (χ0) is 16.8. The molecule has 130 valence electrons. The maximum Gasteiger partial charge on any atom is 0.310 e. The number of hydrogen-bond donors (Lipinski definition) is 3. The minimum atomic E-state index is -0.0419. The summed E-state index contributed by atoms with van der Waals surface area (Å²) in [4.78, 5) is 11.1. The molecule has 4 N–H and O–H groups in total. The average Bonchev–Trinajstić information content (AvgIpc) is 2.36. The Hall–Kier alpha value is -0.650. The highest BCUT2D eigenvalue weighted by Crippen LogP contribution is 2.26. The summed E-state index contributed by atoms with van der Waals surface area (Å²) in [5, 5.41) is 6.76. The number of ether oxygens (including phenoxy) is 1. The van der Waals surface area contributed by atoms with Crippen LogP contribution in [0, 0.1) is 5.92 Å². The molecule has 2 rings (SSSR count). The van der Waals surface area contributed by atoms with Crippen molar-refractivity contribution in [1.82, 2.24) is 10.6 Å². The number of hydrogen-bond acceptors (Lipinski definition) is 5. The Morgan fingerprint density at radius 2 is 1.82 bits per heavy atom. The van der Waals surface area contributed by atoms with E-state index >= 15 is 0 Å². The molecule has 2 aliphatic heterocycles. The molecule has 22 heavy (non-hydrogen) atoms. The van der Waals surface area contributed by atoms with Gasteiger partial charge in [0.1, 0.15) is 0 Å². The molecule has 2 aliphatic rings. The van der Waals surface area contributed by atoms with E-state index in [0.717, 1.165) is 38.8 Å². The lowest BCUT2D eigenvalue weighted by Crippen LogP contribution is -2.60. The first-order valence-electron chi connectivity index (χ1n) is 8.57. The van der Waals surface area contributed by atoms with Crippen LogP contribution in [0.3, 0.4) is 0 Å². The average molecular weight is 313 g/mol. The normalized spacial score (nSPS) is 27.5. The minimum Gasteiger partial charge on any atom is -0.466 e. The molecule has 0 aromatic carbocycles. The van der Waals surface area contributed by atoms with Crippen LogP contribution in [-0.4, -0.2) is 42.8 Å². The predicted molar refractivity (Wildman–Crippen MR) is 90.7 cm³/mol. The van der Waals surface area contributed by atoms with Crippen LogP contribution in [0.2, 0.25) is 0 Å². The fourth-order valence-corrected chi connectivity index (χ4v) is 3.71. The van der Waals surface area contributed by atoms with Gasteiger partial charge >= 0.3 is 5.97 Å². The van der Waals surface area contributed by atoms with Crippen molar-refractivity contribution in [2.24, 2.45) is 11.7 Å². The van der Waals surface area contributed by atoms with Gasteiger partial charge in [-0.2, -0.15) is 0 Å². The number of esters is 1. The molecule has 0 aromatic rings. The highest BCUT2D eigenvalue weighted by Gasteiger charge is 2.35. The first-order valence-corrected chi connectivity index (χ1v) is 8.57. The van der Waals surface area contributed by atoms with Crippen LogP contribution < -0.4 is 16.4 Å². The van der Waals surface area contributed by atoms with E-state index in [1.54, 1.807) is 0 Å². The van der Waals surface area contributed by atoms with E-state index in [1.165, 1.54) is 0 Å². The number of rotatable bonds is 2. The molecule has 0 amide bonds. The summed E-state index contributed by atoms with van der Waals surface area (Å²) in [6.45, 7) is 13.0. The SMILES string of the molecule is CC1(C)CC(N)CC(C)(C)N1.CCOC(=O)C1CCCNC1. The van der Waals surface area contributed by atoms with Crippen molar-refractivity contribution >= 4 is 5.97 Å². The molecule has 0 saturated carbocycles. The standard InChI is InChI=1S/C9H20N2.C8H15NO2/c1-8(2)5-7(10)6-9(3,4)11-8;1-2-11-8(10)7-4-3-5-9-6-7/h7,11H,5-6,10H2,1-4H3;7,9H,2-6H2,1H3. The van der Waals surface area contributed by atoms with E-state index in [-0.39, 0.29) is 23.0 Å². The van der Waals surface area contributed by atoms with E-state index < -0.39 is 0 Å². The van der Waals surface area contributed by atoms with Crippen molar-refractivity contribution in [3.8, 4) is 0 Å². The molecular formula is C17H35N3O2. The van der Waals surface area contributed by atoms with Gasteiger partial charge in [0.15, 0.2) is 0 Å². The lowest BCUT2D eigenvalue weighted by molar-refractivity contribution is -0.148. The summed E-state index contributed by atoms with van der Waals surface area (Å²) >= 11 is 0.